The van der Waals surface area contributed by atoms with Gasteiger partial charge in [-0.15, -0.1) is 0 Å². The zero-order chi connectivity index (χ0) is 14.5. The first-order chi connectivity index (χ1) is 9.58. The average molecular weight is 290 g/mol. The van der Waals surface area contributed by atoms with Crippen molar-refractivity contribution in [3.63, 3.8) is 0 Å². The number of aryl methyl sites for hydroxylation is 1. The first-order valence-corrected chi connectivity index (χ1v) is 6.62. The molecule has 2 aromatic rings. The normalized spacial score (nSPS) is 10.2. The molecule has 5 heteroatoms. The van der Waals surface area contributed by atoms with Crippen molar-refractivity contribution in [3.8, 4) is 0 Å². The van der Waals surface area contributed by atoms with E-state index in [2.05, 4.69) is 10.3 Å². The molecule has 2 amide bonds. The van der Waals surface area contributed by atoms with E-state index in [1.807, 2.05) is 31.2 Å². The first kappa shape index (κ1) is 14.3. The molecule has 1 aromatic carbocycles. The van der Waals surface area contributed by atoms with Gasteiger partial charge in [0.15, 0.2) is 0 Å². The maximum Gasteiger partial charge on any atom is 0.321 e. The summed E-state index contributed by atoms with van der Waals surface area (Å²) in [6.45, 7) is 2.42. The van der Waals surface area contributed by atoms with E-state index in [0.29, 0.717) is 17.3 Å². The molecule has 0 saturated carbocycles. The predicted molar refractivity (Wildman–Crippen MR) is 80.9 cm³/mol. The molecule has 2 rings (SSSR count). The number of anilines is 1. The van der Waals surface area contributed by atoms with E-state index in [1.165, 1.54) is 0 Å². The number of hydrogen-bond donors (Lipinski definition) is 1. The number of amides is 2. The third-order valence-electron chi connectivity index (χ3n) is 2.97. The maximum absolute atomic E-state index is 12.2. The smallest absolute Gasteiger partial charge is 0.321 e. The number of carbonyl (C=O) groups excluding carboxylic acids is 1. The fourth-order valence-corrected chi connectivity index (χ4v) is 2.10. The minimum atomic E-state index is -0.196. The average Bonchev–Trinajstić information content (AvgIpc) is 2.44. The van der Waals surface area contributed by atoms with Crippen molar-refractivity contribution in [1.82, 2.24) is 9.88 Å². The van der Waals surface area contributed by atoms with E-state index in [4.69, 9.17) is 11.6 Å². The Morgan fingerprint density at radius 1 is 1.30 bits per heavy atom. The van der Waals surface area contributed by atoms with E-state index in [9.17, 15) is 4.79 Å². The van der Waals surface area contributed by atoms with Crippen LogP contribution < -0.4 is 5.32 Å². The second-order valence-electron chi connectivity index (χ2n) is 4.57. The van der Waals surface area contributed by atoms with Crippen LogP contribution in [0.5, 0.6) is 0 Å². The van der Waals surface area contributed by atoms with Crippen molar-refractivity contribution < 1.29 is 4.79 Å². The number of hydrogen-bond acceptors (Lipinski definition) is 2. The summed E-state index contributed by atoms with van der Waals surface area (Å²) in [4.78, 5) is 17.7. The first-order valence-electron chi connectivity index (χ1n) is 6.24. The largest absolute Gasteiger partial charge is 0.323 e. The summed E-state index contributed by atoms with van der Waals surface area (Å²) in [6, 6.07) is 9.08. The number of aromatic nitrogens is 1. The van der Waals surface area contributed by atoms with Gasteiger partial charge in [0.25, 0.3) is 0 Å². The number of nitrogens with zero attached hydrogens (tertiary/aromatic N) is 2. The standard InChI is InChI=1S/C15H16ClN3O/c1-11-4-3-5-13(16)14(11)18-15(20)19(2)10-12-6-8-17-9-7-12/h3-9H,10H2,1-2H3,(H,18,20). The minimum Gasteiger partial charge on any atom is -0.323 e. The van der Waals surface area contributed by atoms with Crippen LogP contribution in [0.3, 0.4) is 0 Å². The lowest BCUT2D eigenvalue weighted by Crippen LogP contribution is -2.31. The van der Waals surface area contributed by atoms with Crippen LogP contribution in [0.25, 0.3) is 0 Å². The van der Waals surface area contributed by atoms with E-state index in [0.717, 1.165) is 11.1 Å². The monoisotopic (exact) mass is 289 g/mol. The van der Waals surface area contributed by atoms with Crippen LogP contribution in [0, 0.1) is 6.92 Å². The predicted octanol–water partition coefficient (Wildman–Crippen LogP) is 3.71. The fourth-order valence-electron chi connectivity index (χ4n) is 1.83. The molecule has 104 valence electrons. The SMILES string of the molecule is Cc1cccc(Cl)c1NC(=O)N(C)Cc1ccncc1. The lowest BCUT2D eigenvalue weighted by molar-refractivity contribution is 0.220. The number of pyridine rings is 1. The van der Waals surface area contributed by atoms with Gasteiger partial charge in [-0.25, -0.2) is 4.79 Å². The minimum absolute atomic E-state index is 0.196. The Morgan fingerprint density at radius 2 is 2.00 bits per heavy atom. The number of para-hydroxylation sites is 1. The third kappa shape index (κ3) is 3.48. The van der Waals surface area contributed by atoms with Gasteiger partial charge in [0.2, 0.25) is 0 Å². The Labute approximate surface area is 123 Å². The lowest BCUT2D eigenvalue weighted by atomic mass is 10.2. The molecule has 4 nitrogen and oxygen atoms in total. The number of rotatable bonds is 3. The van der Waals surface area contributed by atoms with Gasteiger partial charge in [-0.2, -0.15) is 0 Å². The van der Waals surface area contributed by atoms with Gasteiger partial charge in [0.1, 0.15) is 0 Å². The summed E-state index contributed by atoms with van der Waals surface area (Å²) >= 11 is 6.10. The van der Waals surface area contributed by atoms with Gasteiger partial charge in [0, 0.05) is 26.0 Å². The molecule has 1 heterocycles. The van der Waals surface area contributed by atoms with Crippen molar-refractivity contribution in [2.24, 2.45) is 0 Å². The highest BCUT2D eigenvalue weighted by molar-refractivity contribution is 6.33. The molecule has 1 N–H and O–H groups in total. The van der Waals surface area contributed by atoms with Crippen LogP contribution >= 0.6 is 11.6 Å². The van der Waals surface area contributed by atoms with Crippen LogP contribution in [0.1, 0.15) is 11.1 Å². The highest BCUT2D eigenvalue weighted by atomic mass is 35.5. The number of carbonyl (C=O) groups is 1. The maximum atomic E-state index is 12.2. The summed E-state index contributed by atoms with van der Waals surface area (Å²) in [5, 5.41) is 3.38. The van der Waals surface area contributed by atoms with Crippen molar-refractivity contribution in [1.29, 1.82) is 0 Å². The molecule has 0 atom stereocenters. The molecule has 0 fully saturated rings. The van der Waals surface area contributed by atoms with E-state index in [1.54, 1.807) is 30.4 Å². The Balaban J connectivity index is 2.05. The highest BCUT2D eigenvalue weighted by Gasteiger charge is 2.12. The highest BCUT2D eigenvalue weighted by Crippen LogP contribution is 2.25. The van der Waals surface area contributed by atoms with Crippen LogP contribution in [0.15, 0.2) is 42.7 Å². The van der Waals surface area contributed by atoms with E-state index in [-0.39, 0.29) is 6.03 Å². The summed E-state index contributed by atoms with van der Waals surface area (Å²) < 4.78 is 0. The molecular weight excluding hydrogens is 274 g/mol. The molecule has 0 saturated heterocycles. The fraction of sp³-hybridized carbons (Fsp3) is 0.200. The van der Waals surface area contributed by atoms with Crippen LogP contribution in [-0.2, 0) is 6.54 Å². The molecule has 0 bridgehead atoms. The topological polar surface area (TPSA) is 45.2 Å². The van der Waals surface area contributed by atoms with E-state index >= 15 is 0 Å². The second-order valence-corrected chi connectivity index (χ2v) is 4.98. The van der Waals surface area contributed by atoms with E-state index < -0.39 is 0 Å². The van der Waals surface area contributed by atoms with Crippen LogP contribution in [0.4, 0.5) is 10.5 Å². The Bertz CT molecular complexity index is 581. The zero-order valence-corrected chi connectivity index (χ0v) is 12.2. The Hall–Kier alpha value is -2.07. The van der Waals surface area contributed by atoms with Crippen molar-refractivity contribution in [2.75, 3.05) is 12.4 Å². The van der Waals surface area contributed by atoms with Crippen LogP contribution in [-0.4, -0.2) is 23.0 Å². The zero-order valence-electron chi connectivity index (χ0n) is 11.4. The van der Waals surface area contributed by atoms with Crippen molar-refractivity contribution >= 4 is 23.3 Å². The summed E-state index contributed by atoms with van der Waals surface area (Å²) in [5.74, 6) is 0. The molecule has 0 aliphatic carbocycles. The molecule has 0 spiro atoms. The van der Waals surface area contributed by atoms with Gasteiger partial charge in [-0.3, -0.25) is 4.98 Å². The van der Waals surface area contributed by atoms with Crippen molar-refractivity contribution in [3.05, 3.63) is 58.9 Å². The van der Waals surface area contributed by atoms with Gasteiger partial charge in [0.05, 0.1) is 10.7 Å². The second kappa shape index (κ2) is 6.39. The van der Waals surface area contributed by atoms with Gasteiger partial charge in [-0.05, 0) is 36.2 Å². The third-order valence-corrected chi connectivity index (χ3v) is 3.28. The number of benzene rings is 1. The molecule has 1 aromatic heterocycles. The molecule has 0 aliphatic heterocycles. The number of urea groups is 1. The molecule has 0 unspecified atom stereocenters. The number of nitrogens with one attached hydrogen (secondary N) is 1. The quantitative estimate of drug-likeness (QED) is 0.936. The summed E-state index contributed by atoms with van der Waals surface area (Å²) in [6.07, 6.45) is 3.42. The van der Waals surface area contributed by atoms with Crippen LogP contribution in [0.2, 0.25) is 5.02 Å². The number of halogens is 1. The Morgan fingerprint density at radius 3 is 2.65 bits per heavy atom. The summed E-state index contributed by atoms with van der Waals surface area (Å²) in [7, 11) is 1.74. The lowest BCUT2D eigenvalue weighted by Gasteiger charge is -2.19. The van der Waals surface area contributed by atoms with Gasteiger partial charge < -0.3 is 10.2 Å². The van der Waals surface area contributed by atoms with Gasteiger partial charge >= 0.3 is 6.03 Å². The molecular formula is C15H16ClN3O. The molecule has 0 radical (unpaired) electrons. The van der Waals surface area contributed by atoms with Gasteiger partial charge in [-0.1, -0.05) is 23.7 Å². The molecule has 20 heavy (non-hydrogen) atoms. The van der Waals surface area contributed by atoms with Crippen molar-refractivity contribution in [2.45, 2.75) is 13.5 Å². The molecule has 0 aliphatic rings. The Kier molecular flexibility index (Phi) is 4.58. The summed E-state index contributed by atoms with van der Waals surface area (Å²) in [5.41, 5.74) is 2.61.